The van der Waals surface area contributed by atoms with Gasteiger partial charge in [0.2, 0.25) is 0 Å². The number of ether oxygens (including phenoxy) is 1. The van der Waals surface area contributed by atoms with E-state index in [1.807, 2.05) is 0 Å². The topological polar surface area (TPSA) is 9.23 Å². The number of halogens is 1. The zero-order chi connectivity index (χ0) is 10.1. The summed E-state index contributed by atoms with van der Waals surface area (Å²) in [5.74, 6) is 0.749. The molecule has 0 rings (SSSR count). The highest BCUT2D eigenvalue weighted by atomic mass is 79.9. The zero-order valence-electron chi connectivity index (χ0n) is 8.98. The second-order valence-corrected chi connectivity index (χ2v) is 4.40. The monoisotopic (exact) mass is 248 g/mol. The largest absolute Gasteiger partial charge is 0.381 e. The van der Waals surface area contributed by atoms with E-state index >= 15 is 0 Å². The molecule has 0 aromatic rings. The van der Waals surface area contributed by atoms with E-state index in [0.29, 0.717) is 0 Å². The number of hydrogen-bond donors (Lipinski definition) is 0. The molecule has 0 aromatic carbocycles. The molecule has 78 valence electrons. The highest BCUT2D eigenvalue weighted by Crippen LogP contribution is 2.03. The van der Waals surface area contributed by atoms with Crippen LogP contribution < -0.4 is 0 Å². The first-order valence-electron chi connectivity index (χ1n) is 4.96. The Balaban J connectivity index is 3.21. The molecular formula is C11H21BrO. The molecule has 13 heavy (non-hydrogen) atoms. The fourth-order valence-electron chi connectivity index (χ4n) is 0.888. The van der Waals surface area contributed by atoms with E-state index in [-0.39, 0.29) is 0 Å². The lowest BCUT2D eigenvalue weighted by atomic mass is 10.1. The van der Waals surface area contributed by atoms with Crippen molar-refractivity contribution in [3.63, 3.8) is 0 Å². The van der Waals surface area contributed by atoms with Crippen molar-refractivity contribution in [1.29, 1.82) is 0 Å². The third kappa shape index (κ3) is 10.1. The average molecular weight is 249 g/mol. The minimum atomic E-state index is 0.749. The van der Waals surface area contributed by atoms with Crippen LogP contribution in [0.25, 0.3) is 0 Å². The number of allylic oxidation sites excluding steroid dienone is 1. The van der Waals surface area contributed by atoms with Crippen LogP contribution in [0.4, 0.5) is 0 Å². The van der Waals surface area contributed by atoms with Crippen molar-refractivity contribution in [2.24, 2.45) is 5.92 Å². The molecule has 0 saturated heterocycles. The normalized spacial score (nSPS) is 12.5. The van der Waals surface area contributed by atoms with Crippen LogP contribution in [-0.2, 0) is 4.74 Å². The van der Waals surface area contributed by atoms with Gasteiger partial charge in [-0.25, -0.2) is 0 Å². The van der Waals surface area contributed by atoms with E-state index < -0.39 is 0 Å². The summed E-state index contributed by atoms with van der Waals surface area (Å²) >= 11 is 3.37. The first-order chi connectivity index (χ1) is 6.16. The maximum atomic E-state index is 5.51. The molecule has 0 amide bonds. The Hall–Kier alpha value is 0.180. The quantitative estimate of drug-likeness (QED) is 0.379. The second-order valence-electron chi connectivity index (χ2n) is 3.75. The third-order valence-corrected chi connectivity index (χ3v) is 2.23. The smallest absolute Gasteiger partial charge is 0.0503 e. The number of rotatable bonds is 7. The minimum absolute atomic E-state index is 0.749. The van der Waals surface area contributed by atoms with Gasteiger partial charge >= 0.3 is 0 Å². The highest BCUT2D eigenvalue weighted by Gasteiger charge is 1.94. The Morgan fingerprint density at radius 1 is 1.38 bits per heavy atom. The molecule has 0 atom stereocenters. The van der Waals surface area contributed by atoms with Crippen molar-refractivity contribution in [1.82, 2.24) is 0 Å². The van der Waals surface area contributed by atoms with E-state index in [4.69, 9.17) is 4.74 Å². The van der Waals surface area contributed by atoms with Crippen molar-refractivity contribution in [3.8, 4) is 0 Å². The van der Waals surface area contributed by atoms with Gasteiger partial charge in [0.15, 0.2) is 0 Å². The molecule has 0 aromatic heterocycles. The lowest BCUT2D eigenvalue weighted by Gasteiger charge is -2.06. The molecule has 0 aliphatic rings. The predicted octanol–water partition coefficient (Wildman–Crippen LogP) is 3.78. The molecule has 1 nitrogen and oxygen atoms in total. The molecule has 0 radical (unpaired) electrons. The molecule has 0 aliphatic carbocycles. The Morgan fingerprint density at radius 3 is 2.62 bits per heavy atom. The van der Waals surface area contributed by atoms with Crippen molar-refractivity contribution in [2.75, 3.05) is 18.5 Å². The van der Waals surface area contributed by atoms with Gasteiger partial charge in [-0.3, -0.25) is 0 Å². The number of alkyl halides is 1. The summed E-state index contributed by atoms with van der Waals surface area (Å²) in [6, 6.07) is 0. The van der Waals surface area contributed by atoms with Crippen LogP contribution in [0.5, 0.6) is 0 Å². The maximum absolute atomic E-state index is 5.51. The first-order valence-corrected chi connectivity index (χ1v) is 6.08. The van der Waals surface area contributed by atoms with Crippen LogP contribution >= 0.6 is 15.9 Å². The minimum Gasteiger partial charge on any atom is -0.381 e. The van der Waals surface area contributed by atoms with Crippen LogP contribution in [0.2, 0.25) is 0 Å². The second kappa shape index (κ2) is 8.76. The molecule has 0 saturated carbocycles. The van der Waals surface area contributed by atoms with E-state index in [1.165, 1.54) is 12.0 Å². The van der Waals surface area contributed by atoms with E-state index in [2.05, 4.69) is 42.8 Å². The van der Waals surface area contributed by atoms with Crippen LogP contribution in [-0.4, -0.2) is 18.5 Å². The highest BCUT2D eigenvalue weighted by molar-refractivity contribution is 9.09. The fourth-order valence-corrected chi connectivity index (χ4v) is 1.44. The van der Waals surface area contributed by atoms with E-state index in [1.54, 1.807) is 0 Å². The summed E-state index contributed by atoms with van der Waals surface area (Å²) in [5, 5.41) is 0.949. The zero-order valence-corrected chi connectivity index (χ0v) is 10.6. The molecule has 0 aliphatic heterocycles. The summed E-state index contributed by atoms with van der Waals surface area (Å²) in [5.41, 5.74) is 1.40. The van der Waals surface area contributed by atoms with Gasteiger partial charge in [-0.15, -0.1) is 0 Å². The molecule has 0 spiro atoms. The van der Waals surface area contributed by atoms with Gasteiger partial charge in [-0.2, -0.15) is 0 Å². The van der Waals surface area contributed by atoms with Crippen LogP contribution in [0.3, 0.4) is 0 Å². The predicted molar refractivity (Wildman–Crippen MR) is 62.4 cm³/mol. The van der Waals surface area contributed by atoms with Gasteiger partial charge in [0.25, 0.3) is 0 Å². The fraction of sp³-hybridized carbons (Fsp3) is 0.818. The summed E-state index contributed by atoms with van der Waals surface area (Å²) in [6.07, 6.45) is 4.41. The third-order valence-electron chi connectivity index (χ3n) is 1.91. The molecule has 2 heteroatoms. The summed E-state index contributed by atoms with van der Waals surface area (Å²) in [4.78, 5) is 0. The number of hydrogen-bond acceptors (Lipinski definition) is 1. The average Bonchev–Trinajstić information content (AvgIpc) is 2.03. The van der Waals surface area contributed by atoms with Crippen molar-refractivity contribution in [2.45, 2.75) is 33.6 Å². The van der Waals surface area contributed by atoms with Gasteiger partial charge in [-0.05, 0) is 25.7 Å². The molecule has 0 unspecified atom stereocenters. The summed E-state index contributed by atoms with van der Waals surface area (Å²) in [7, 11) is 0. The van der Waals surface area contributed by atoms with E-state index in [0.717, 1.165) is 30.9 Å². The Bertz CT molecular complexity index is 141. The van der Waals surface area contributed by atoms with Gasteiger partial charge in [0.05, 0.1) is 6.61 Å². The SMILES string of the molecule is CC(=CCBr)CCOCCC(C)C. The van der Waals surface area contributed by atoms with Crippen LogP contribution in [0.1, 0.15) is 33.6 Å². The Kier molecular flexibility index (Phi) is 8.89. The summed E-state index contributed by atoms with van der Waals surface area (Å²) < 4.78 is 5.51. The molecule has 0 bridgehead atoms. The molecule has 0 heterocycles. The van der Waals surface area contributed by atoms with Gasteiger partial charge in [0.1, 0.15) is 0 Å². The lowest BCUT2D eigenvalue weighted by molar-refractivity contribution is 0.126. The van der Waals surface area contributed by atoms with Gasteiger partial charge < -0.3 is 4.74 Å². The molecular weight excluding hydrogens is 228 g/mol. The summed E-state index contributed by atoms with van der Waals surface area (Å²) in [6.45, 7) is 8.35. The standard InChI is InChI=1S/C11H21BrO/c1-10(2)5-8-13-9-6-11(3)4-7-12/h4,10H,5-9H2,1-3H3. The molecule has 0 fully saturated rings. The van der Waals surface area contributed by atoms with Crippen LogP contribution in [0, 0.1) is 5.92 Å². The van der Waals surface area contributed by atoms with Crippen molar-refractivity contribution < 1.29 is 4.74 Å². The maximum Gasteiger partial charge on any atom is 0.0503 e. The van der Waals surface area contributed by atoms with Crippen molar-refractivity contribution in [3.05, 3.63) is 11.6 Å². The van der Waals surface area contributed by atoms with Crippen molar-refractivity contribution >= 4 is 15.9 Å². The Labute approximate surface area is 90.7 Å². The van der Waals surface area contributed by atoms with Gasteiger partial charge in [-0.1, -0.05) is 41.4 Å². The van der Waals surface area contributed by atoms with E-state index in [9.17, 15) is 0 Å². The molecule has 0 N–H and O–H groups in total. The lowest BCUT2D eigenvalue weighted by Crippen LogP contribution is -2.00. The van der Waals surface area contributed by atoms with Gasteiger partial charge in [0, 0.05) is 11.9 Å². The van der Waals surface area contributed by atoms with Crippen LogP contribution in [0.15, 0.2) is 11.6 Å². The first kappa shape index (κ1) is 13.2. The Morgan fingerprint density at radius 2 is 2.08 bits per heavy atom.